The first-order valence-electron chi connectivity index (χ1n) is 9.85. The second kappa shape index (κ2) is 7.22. The van der Waals surface area contributed by atoms with Crippen LogP contribution < -0.4 is 16.8 Å². The van der Waals surface area contributed by atoms with E-state index >= 15 is 0 Å². The first-order valence-corrected chi connectivity index (χ1v) is 9.85. The molecule has 0 saturated carbocycles. The van der Waals surface area contributed by atoms with Gasteiger partial charge in [-0.25, -0.2) is 13.6 Å². The van der Waals surface area contributed by atoms with Crippen molar-refractivity contribution in [1.29, 1.82) is 0 Å². The summed E-state index contributed by atoms with van der Waals surface area (Å²) >= 11 is 0. The lowest BCUT2D eigenvalue weighted by atomic mass is 10.0. The monoisotopic (exact) mass is 427 g/mol. The fourth-order valence-corrected chi connectivity index (χ4v) is 3.77. The van der Waals surface area contributed by atoms with Crippen LogP contribution in [0.3, 0.4) is 0 Å². The second-order valence-electron chi connectivity index (χ2n) is 7.69. The molecule has 3 aromatic heterocycles. The van der Waals surface area contributed by atoms with E-state index in [2.05, 4.69) is 4.98 Å². The normalized spacial score (nSPS) is 12.7. The van der Waals surface area contributed by atoms with E-state index in [1.165, 1.54) is 35.4 Å². The third-order valence-electron chi connectivity index (χ3n) is 5.77. The number of halogens is 1. The Morgan fingerprint density at radius 1 is 1.06 bits per heavy atom. The molecule has 9 nitrogen and oxygen atoms in total. The Morgan fingerprint density at radius 3 is 2.32 bits per heavy atom. The molecule has 1 aromatic carbocycles. The Bertz CT molecular complexity index is 1510. The van der Waals surface area contributed by atoms with Crippen molar-refractivity contribution in [2.45, 2.75) is 32.7 Å². The highest BCUT2D eigenvalue weighted by Crippen LogP contribution is 2.28. The summed E-state index contributed by atoms with van der Waals surface area (Å²) in [6.07, 6.45) is 0.577. The van der Waals surface area contributed by atoms with Crippen LogP contribution in [0.5, 0.6) is 5.88 Å². The lowest BCUT2D eigenvalue weighted by molar-refractivity contribution is 0.405. The number of aryl methyl sites for hydroxylation is 1. The van der Waals surface area contributed by atoms with Crippen molar-refractivity contribution in [2.24, 2.45) is 14.1 Å². The third kappa shape index (κ3) is 2.97. The van der Waals surface area contributed by atoms with Crippen LogP contribution in [-0.2, 0) is 20.6 Å². The topological polar surface area (TPSA) is 104 Å². The minimum atomic E-state index is -0.656. The Morgan fingerprint density at radius 2 is 1.71 bits per heavy atom. The molecule has 1 atom stereocenters. The average molecular weight is 427 g/mol. The van der Waals surface area contributed by atoms with E-state index in [-0.39, 0.29) is 40.8 Å². The Hall–Kier alpha value is -3.69. The lowest BCUT2D eigenvalue weighted by Crippen LogP contribution is -2.38. The molecule has 4 aromatic rings. The van der Waals surface area contributed by atoms with Crippen molar-refractivity contribution in [3.05, 3.63) is 72.4 Å². The van der Waals surface area contributed by atoms with Gasteiger partial charge in [0, 0.05) is 14.1 Å². The van der Waals surface area contributed by atoms with Gasteiger partial charge in [0.2, 0.25) is 11.7 Å². The highest BCUT2D eigenvalue weighted by atomic mass is 19.1. The predicted molar refractivity (Wildman–Crippen MR) is 113 cm³/mol. The van der Waals surface area contributed by atoms with Crippen molar-refractivity contribution < 1.29 is 9.50 Å². The molecule has 0 aliphatic rings. The molecule has 0 aliphatic heterocycles. The summed E-state index contributed by atoms with van der Waals surface area (Å²) in [5.41, 5.74) is -0.989. The molecule has 1 N–H and O–H groups in total. The smallest absolute Gasteiger partial charge is 0.332 e. The van der Waals surface area contributed by atoms with Gasteiger partial charge in [-0.3, -0.25) is 23.3 Å². The molecule has 1 unspecified atom stereocenters. The van der Waals surface area contributed by atoms with Crippen LogP contribution in [0.15, 0.2) is 38.6 Å². The van der Waals surface area contributed by atoms with Crippen molar-refractivity contribution in [1.82, 2.24) is 23.1 Å². The highest BCUT2D eigenvalue weighted by molar-refractivity contribution is 5.75. The van der Waals surface area contributed by atoms with E-state index in [0.29, 0.717) is 12.0 Å². The summed E-state index contributed by atoms with van der Waals surface area (Å²) in [4.78, 5) is 43.1. The standard InChI is InChI=1S/C21H22FN5O4/c1-5-11(2)14-17(28)26(10-12-6-8-13(22)9-7-12)20-23-16-15(27(20)18(14)29)19(30)25(4)21(31)24(16)3/h6-9,11,28H,5,10H2,1-4H3. The van der Waals surface area contributed by atoms with Gasteiger partial charge in [-0.05, 0) is 30.0 Å². The summed E-state index contributed by atoms with van der Waals surface area (Å²) < 4.78 is 18.0. The number of hydrogen-bond acceptors (Lipinski definition) is 5. The minimum absolute atomic E-state index is 0.0205. The molecule has 0 saturated heterocycles. The van der Waals surface area contributed by atoms with Crippen LogP contribution in [0.1, 0.15) is 37.3 Å². The molecule has 0 amide bonds. The molecule has 0 spiro atoms. The number of rotatable bonds is 4. The Labute approximate surface area is 175 Å². The molecule has 3 heterocycles. The van der Waals surface area contributed by atoms with E-state index in [1.54, 1.807) is 19.1 Å². The van der Waals surface area contributed by atoms with Gasteiger partial charge in [-0.15, -0.1) is 0 Å². The van der Waals surface area contributed by atoms with Gasteiger partial charge in [0.1, 0.15) is 5.82 Å². The number of imidazole rings is 1. The zero-order valence-electron chi connectivity index (χ0n) is 17.6. The molecule has 0 fully saturated rings. The van der Waals surface area contributed by atoms with Gasteiger partial charge in [0.25, 0.3) is 11.1 Å². The maximum atomic E-state index is 13.4. The van der Waals surface area contributed by atoms with Crippen LogP contribution >= 0.6 is 0 Å². The second-order valence-corrected chi connectivity index (χ2v) is 7.69. The summed E-state index contributed by atoms with van der Waals surface area (Å²) in [7, 11) is 2.79. The van der Waals surface area contributed by atoms with Crippen LogP contribution in [0.25, 0.3) is 16.9 Å². The van der Waals surface area contributed by atoms with E-state index in [0.717, 1.165) is 8.97 Å². The van der Waals surface area contributed by atoms with Gasteiger partial charge in [0.05, 0.1) is 12.1 Å². The van der Waals surface area contributed by atoms with Crippen LogP contribution in [-0.4, -0.2) is 28.2 Å². The van der Waals surface area contributed by atoms with Crippen LogP contribution in [0, 0.1) is 5.82 Å². The number of fused-ring (bicyclic) bond motifs is 3. The summed E-state index contributed by atoms with van der Waals surface area (Å²) in [5, 5.41) is 11.0. The number of aromatic nitrogens is 5. The third-order valence-corrected chi connectivity index (χ3v) is 5.77. The largest absolute Gasteiger partial charge is 0.494 e. The molecule has 4 rings (SSSR count). The molecular weight excluding hydrogens is 405 g/mol. The van der Waals surface area contributed by atoms with Gasteiger partial charge < -0.3 is 5.11 Å². The fourth-order valence-electron chi connectivity index (χ4n) is 3.77. The van der Waals surface area contributed by atoms with Crippen molar-refractivity contribution in [3.63, 3.8) is 0 Å². The summed E-state index contributed by atoms with van der Waals surface area (Å²) in [5.74, 6) is -0.950. The number of nitrogens with zero attached hydrogens (tertiary/aromatic N) is 5. The summed E-state index contributed by atoms with van der Waals surface area (Å²) in [6.45, 7) is 3.77. The maximum Gasteiger partial charge on any atom is 0.332 e. The Kier molecular flexibility index (Phi) is 4.79. The molecule has 31 heavy (non-hydrogen) atoms. The van der Waals surface area contributed by atoms with Crippen molar-refractivity contribution in [2.75, 3.05) is 0 Å². The van der Waals surface area contributed by atoms with Crippen LogP contribution in [0.4, 0.5) is 4.39 Å². The highest BCUT2D eigenvalue weighted by Gasteiger charge is 2.26. The van der Waals surface area contributed by atoms with Gasteiger partial charge in [0.15, 0.2) is 11.2 Å². The zero-order chi connectivity index (χ0) is 22.6. The number of aromatic hydroxyl groups is 1. The molecule has 0 aliphatic carbocycles. The minimum Gasteiger partial charge on any atom is -0.494 e. The fraction of sp³-hybridized carbons (Fsp3) is 0.333. The number of benzene rings is 1. The SMILES string of the molecule is CCC(C)c1c(O)n(Cc2ccc(F)cc2)c2nc3c(c(=O)n(C)c(=O)n3C)n2c1=O. The average Bonchev–Trinajstić information content (AvgIpc) is 3.16. The predicted octanol–water partition coefficient (Wildman–Crippen LogP) is 1.45. The molecule has 10 heteroatoms. The molecule has 0 bridgehead atoms. The van der Waals surface area contributed by atoms with E-state index in [9.17, 15) is 23.9 Å². The molecular formula is C21H22FN5O4. The Balaban J connectivity index is 2.20. The van der Waals surface area contributed by atoms with Gasteiger partial charge in [-0.1, -0.05) is 26.0 Å². The first-order chi connectivity index (χ1) is 14.7. The quantitative estimate of drug-likeness (QED) is 0.531. The first kappa shape index (κ1) is 20.6. The molecule has 0 radical (unpaired) electrons. The van der Waals surface area contributed by atoms with Crippen molar-refractivity contribution in [3.8, 4) is 5.88 Å². The van der Waals surface area contributed by atoms with E-state index in [4.69, 9.17) is 0 Å². The zero-order valence-corrected chi connectivity index (χ0v) is 17.6. The van der Waals surface area contributed by atoms with Gasteiger partial charge in [-0.2, -0.15) is 4.98 Å². The van der Waals surface area contributed by atoms with E-state index in [1.807, 2.05) is 6.92 Å². The van der Waals surface area contributed by atoms with Crippen LogP contribution in [0.2, 0.25) is 0 Å². The van der Waals surface area contributed by atoms with Crippen molar-refractivity contribution >= 4 is 16.9 Å². The summed E-state index contributed by atoms with van der Waals surface area (Å²) in [6, 6.07) is 5.71. The number of hydrogen-bond donors (Lipinski definition) is 1. The van der Waals surface area contributed by atoms with Gasteiger partial charge >= 0.3 is 5.69 Å². The lowest BCUT2D eigenvalue weighted by Gasteiger charge is -2.17. The van der Waals surface area contributed by atoms with E-state index < -0.39 is 22.6 Å². The molecule has 162 valence electrons. The maximum absolute atomic E-state index is 13.4.